The molecule has 1 amide bonds. The van der Waals surface area contributed by atoms with E-state index in [4.69, 9.17) is 0 Å². The first-order valence-electron chi connectivity index (χ1n) is 10.5. The van der Waals surface area contributed by atoms with Crippen LogP contribution in [0.25, 0.3) is 5.82 Å². The van der Waals surface area contributed by atoms with Gasteiger partial charge >= 0.3 is 0 Å². The highest BCUT2D eigenvalue weighted by Gasteiger charge is 2.58. The summed E-state index contributed by atoms with van der Waals surface area (Å²) in [5, 5.41) is 28.8. The van der Waals surface area contributed by atoms with Gasteiger partial charge in [0.15, 0.2) is 11.9 Å². The molecule has 2 N–H and O–H groups in total. The van der Waals surface area contributed by atoms with E-state index in [-0.39, 0.29) is 24.5 Å². The second-order valence-electron chi connectivity index (χ2n) is 9.63. The van der Waals surface area contributed by atoms with Crippen LogP contribution in [0.5, 0.6) is 0 Å². The van der Waals surface area contributed by atoms with E-state index in [0.717, 1.165) is 0 Å². The fourth-order valence-corrected chi connectivity index (χ4v) is 4.98. The lowest BCUT2D eigenvalue weighted by Gasteiger charge is -2.30. The number of hydrogen-bond donors (Lipinski definition) is 2. The third-order valence-corrected chi connectivity index (χ3v) is 6.75. The van der Waals surface area contributed by atoms with Crippen LogP contribution in [-0.2, 0) is 6.42 Å². The van der Waals surface area contributed by atoms with Gasteiger partial charge in [-0.1, -0.05) is 27.2 Å². The molecule has 0 saturated heterocycles. The van der Waals surface area contributed by atoms with Gasteiger partial charge in [0.25, 0.3) is 5.91 Å². The average molecular weight is 435 g/mol. The molecule has 10 heteroatoms. The van der Waals surface area contributed by atoms with Gasteiger partial charge in [-0.3, -0.25) is 4.79 Å². The Balaban J connectivity index is 1.82. The van der Waals surface area contributed by atoms with Crippen LogP contribution >= 0.6 is 0 Å². The smallest absolute Gasteiger partial charge is 0.272 e. The summed E-state index contributed by atoms with van der Waals surface area (Å²) in [4.78, 5) is 17.3. The van der Waals surface area contributed by atoms with Crippen LogP contribution in [0.1, 0.15) is 67.7 Å². The van der Waals surface area contributed by atoms with Crippen molar-refractivity contribution in [3.63, 3.8) is 0 Å². The van der Waals surface area contributed by atoms with Gasteiger partial charge in [-0.2, -0.15) is 9.83 Å². The highest BCUT2D eigenvalue weighted by molar-refractivity contribution is 5.94. The zero-order valence-corrected chi connectivity index (χ0v) is 17.8. The number of carbonyl (C=O) groups excluding carboxylic acids is 1. The van der Waals surface area contributed by atoms with E-state index in [0.29, 0.717) is 35.3 Å². The van der Waals surface area contributed by atoms with Crippen molar-refractivity contribution < 1.29 is 23.4 Å². The van der Waals surface area contributed by atoms with Crippen LogP contribution in [0, 0.1) is 16.0 Å². The van der Waals surface area contributed by atoms with Gasteiger partial charge in [0, 0.05) is 16.9 Å². The number of hydrogen-bond acceptors (Lipinski definition) is 5. The van der Waals surface area contributed by atoms with Crippen molar-refractivity contribution in [3.05, 3.63) is 40.7 Å². The molecular weight excluding hydrogens is 408 g/mol. The van der Waals surface area contributed by atoms with Crippen molar-refractivity contribution in [2.24, 2.45) is 10.8 Å². The number of fused-ring (bicyclic) bond motifs is 3. The maximum absolute atomic E-state index is 14.2. The van der Waals surface area contributed by atoms with Crippen molar-refractivity contribution in [1.29, 1.82) is 0 Å². The minimum absolute atomic E-state index is 0.0511. The topological polar surface area (TPSA) is 107 Å². The zero-order chi connectivity index (χ0) is 22.6. The summed E-state index contributed by atoms with van der Waals surface area (Å²) in [6.07, 6.45) is 2.85. The van der Waals surface area contributed by atoms with Crippen molar-refractivity contribution >= 4 is 5.91 Å². The van der Waals surface area contributed by atoms with Gasteiger partial charge in [0.2, 0.25) is 18.4 Å². The Morgan fingerprint density at radius 2 is 2.23 bits per heavy atom. The van der Waals surface area contributed by atoms with E-state index in [1.807, 2.05) is 20.8 Å². The molecule has 2 aromatic heterocycles. The first-order valence-corrected chi connectivity index (χ1v) is 10.5. The third kappa shape index (κ3) is 3.46. The van der Waals surface area contributed by atoms with Crippen molar-refractivity contribution in [1.82, 2.24) is 20.1 Å². The highest BCUT2D eigenvalue weighted by Crippen LogP contribution is 2.60. The van der Waals surface area contributed by atoms with E-state index in [1.54, 1.807) is 0 Å². The Morgan fingerprint density at radius 1 is 1.48 bits per heavy atom. The number of nitrogens with zero attached hydrogens (tertiary/aromatic N) is 4. The summed E-state index contributed by atoms with van der Waals surface area (Å²) in [6, 6.07) is -0.538. The molecule has 0 radical (unpaired) electrons. The molecular formula is C21H27F2N5O3. The molecule has 1 saturated carbocycles. The molecule has 0 spiro atoms. The Morgan fingerprint density at radius 3 is 2.84 bits per heavy atom. The lowest BCUT2D eigenvalue weighted by atomic mass is 9.79. The molecule has 31 heavy (non-hydrogen) atoms. The molecule has 2 aliphatic rings. The quantitative estimate of drug-likeness (QED) is 0.553. The Bertz CT molecular complexity index is 1000. The second-order valence-corrected chi connectivity index (χ2v) is 9.63. The van der Waals surface area contributed by atoms with Gasteiger partial charge in [-0.15, -0.1) is 0 Å². The number of carbonyl (C=O) groups is 1. The van der Waals surface area contributed by atoms with Gasteiger partial charge < -0.3 is 15.6 Å². The van der Waals surface area contributed by atoms with E-state index < -0.39 is 35.1 Å². The minimum atomic E-state index is -2.54. The van der Waals surface area contributed by atoms with E-state index >= 15 is 0 Å². The molecule has 1 fully saturated rings. The Kier molecular flexibility index (Phi) is 5.23. The van der Waals surface area contributed by atoms with Gasteiger partial charge in [-0.05, 0) is 24.7 Å². The molecule has 4 rings (SSSR count). The normalized spacial score (nSPS) is 23.6. The summed E-state index contributed by atoms with van der Waals surface area (Å²) in [7, 11) is 0. The van der Waals surface area contributed by atoms with Gasteiger partial charge in [0.05, 0.1) is 24.5 Å². The molecule has 2 aromatic rings. The largest absolute Gasteiger partial charge is 0.619 e. The SMILES string of the molecule is CC(C)(C)C(CO)NC(=O)c1nn(-c2c[n+]([O-])ccn2)c2c1C[C@]1(C(F)F)CCCC21. The predicted molar refractivity (Wildman–Crippen MR) is 107 cm³/mol. The fraction of sp³-hybridized carbons (Fsp3) is 0.619. The van der Waals surface area contributed by atoms with Crippen LogP contribution in [0.3, 0.4) is 0 Å². The summed E-state index contributed by atoms with van der Waals surface area (Å²) in [5.41, 5.74) is -0.566. The number of aliphatic hydroxyl groups is 1. The van der Waals surface area contributed by atoms with Gasteiger partial charge in [0.1, 0.15) is 0 Å². The molecule has 2 aliphatic carbocycles. The molecule has 3 atom stereocenters. The lowest BCUT2D eigenvalue weighted by molar-refractivity contribution is -0.605. The second kappa shape index (κ2) is 7.51. The van der Waals surface area contributed by atoms with Crippen LogP contribution in [-0.4, -0.2) is 44.9 Å². The number of amides is 1. The van der Waals surface area contributed by atoms with Crippen LogP contribution in [0.2, 0.25) is 0 Å². The molecule has 0 aliphatic heterocycles. The van der Waals surface area contributed by atoms with Crippen LogP contribution in [0.4, 0.5) is 8.78 Å². The first-order chi connectivity index (χ1) is 14.6. The van der Waals surface area contributed by atoms with Crippen LogP contribution < -0.4 is 10.0 Å². The van der Waals surface area contributed by atoms with Crippen molar-refractivity contribution in [3.8, 4) is 5.82 Å². The monoisotopic (exact) mass is 435 g/mol. The average Bonchev–Trinajstić information content (AvgIpc) is 3.34. The number of nitrogens with one attached hydrogen (secondary N) is 1. The standard InChI is InChI=1S/C21H27F2N5O3/c1-20(2,3)14(11-29)25-18(30)16-12-9-21(19(22)23)6-4-5-13(21)17(12)28(26-16)15-10-27(31)8-7-24-15/h7-8,10,13-14,19,29H,4-6,9,11H2,1-3H3,(H,25,30)/t13?,14?,21-/m1/s1. The molecule has 0 bridgehead atoms. The molecule has 168 valence electrons. The zero-order valence-electron chi connectivity index (χ0n) is 17.8. The van der Waals surface area contributed by atoms with E-state index in [2.05, 4.69) is 15.4 Å². The van der Waals surface area contributed by atoms with E-state index in [1.165, 1.54) is 23.3 Å². The number of aromatic nitrogens is 4. The predicted octanol–water partition coefficient (Wildman–Crippen LogP) is 2.11. The summed E-state index contributed by atoms with van der Waals surface area (Å²) in [5.74, 6) is -0.812. The maximum Gasteiger partial charge on any atom is 0.272 e. The van der Waals surface area contributed by atoms with Crippen molar-refractivity contribution in [2.45, 2.75) is 64.8 Å². The van der Waals surface area contributed by atoms with Crippen LogP contribution in [0.15, 0.2) is 18.6 Å². The molecule has 0 aromatic carbocycles. The summed E-state index contributed by atoms with van der Waals surface area (Å²) < 4.78 is 30.4. The Hall–Kier alpha value is -2.62. The minimum Gasteiger partial charge on any atom is -0.619 e. The third-order valence-electron chi connectivity index (χ3n) is 6.75. The molecule has 8 nitrogen and oxygen atoms in total. The highest BCUT2D eigenvalue weighted by atomic mass is 19.3. The summed E-state index contributed by atoms with van der Waals surface area (Å²) >= 11 is 0. The number of rotatable bonds is 5. The summed E-state index contributed by atoms with van der Waals surface area (Å²) in [6.45, 7) is 5.38. The van der Waals surface area contributed by atoms with E-state index in [9.17, 15) is 23.9 Å². The number of alkyl halides is 2. The lowest BCUT2D eigenvalue weighted by Crippen LogP contribution is -2.46. The number of aliphatic hydroxyl groups excluding tert-OH is 1. The number of halogens is 2. The fourth-order valence-electron chi connectivity index (χ4n) is 4.98. The molecule has 2 heterocycles. The maximum atomic E-state index is 14.2. The first kappa shape index (κ1) is 21.6. The van der Waals surface area contributed by atoms with Gasteiger partial charge in [-0.25, -0.2) is 18.4 Å². The van der Waals surface area contributed by atoms with Crippen molar-refractivity contribution in [2.75, 3.05) is 6.61 Å². The molecule has 2 unspecified atom stereocenters. The Labute approximate surface area is 178 Å².